The number of hydrogen-bond acceptors (Lipinski definition) is 6. The van der Waals surface area contributed by atoms with Gasteiger partial charge in [0.05, 0.1) is 23.2 Å². The van der Waals surface area contributed by atoms with E-state index in [0.717, 1.165) is 32.1 Å². The average Bonchev–Trinajstić information content (AvgIpc) is 2.81. The van der Waals surface area contributed by atoms with E-state index in [1.165, 1.54) is 24.0 Å². The van der Waals surface area contributed by atoms with Gasteiger partial charge < -0.3 is 19.7 Å². The summed E-state index contributed by atoms with van der Waals surface area (Å²) in [6.45, 7) is 7.76. The number of ether oxygens (including phenoxy) is 2. The molecule has 0 unspecified atom stereocenters. The first-order valence-electron chi connectivity index (χ1n) is 12.1. The first-order chi connectivity index (χ1) is 16.2. The lowest BCUT2D eigenvalue weighted by Crippen LogP contribution is -2.37. The lowest BCUT2D eigenvalue weighted by Gasteiger charge is -2.29. The van der Waals surface area contributed by atoms with Crippen LogP contribution in [0.1, 0.15) is 52.9 Å². The second-order valence-electron chi connectivity index (χ2n) is 9.28. The Labute approximate surface area is 202 Å². The molecule has 9 nitrogen and oxygen atoms in total. The Hall–Kier alpha value is -2.17. The van der Waals surface area contributed by atoms with Crippen LogP contribution in [0, 0.1) is 11.8 Å². The molecule has 1 aromatic rings. The number of anilines is 1. The van der Waals surface area contributed by atoms with Crippen molar-refractivity contribution < 1.29 is 27.5 Å². The fourth-order valence-electron chi connectivity index (χ4n) is 4.38. The Morgan fingerprint density at radius 3 is 2.62 bits per heavy atom. The highest BCUT2D eigenvalue weighted by Crippen LogP contribution is 2.34. The summed E-state index contributed by atoms with van der Waals surface area (Å²) in [6, 6.07) is 4.59. The van der Waals surface area contributed by atoms with Crippen LogP contribution in [0.2, 0.25) is 0 Å². The maximum absolute atomic E-state index is 12.9. The highest BCUT2D eigenvalue weighted by atomic mass is 32.2. The van der Waals surface area contributed by atoms with Crippen LogP contribution in [0.15, 0.2) is 23.1 Å². The first kappa shape index (κ1) is 26.4. The van der Waals surface area contributed by atoms with Gasteiger partial charge in [0.25, 0.3) is 0 Å². The zero-order valence-corrected chi connectivity index (χ0v) is 21.2. The lowest BCUT2D eigenvalue weighted by atomic mass is 9.81. The van der Waals surface area contributed by atoms with Gasteiger partial charge in [-0.3, -0.25) is 9.59 Å². The van der Waals surface area contributed by atoms with Crippen molar-refractivity contribution in [3.05, 3.63) is 18.2 Å². The molecular weight excluding hydrogens is 458 g/mol. The van der Waals surface area contributed by atoms with E-state index in [-0.39, 0.29) is 34.6 Å². The summed E-state index contributed by atoms with van der Waals surface area (Å²) in [4.78, 5) is 25.9. The largest absolute Gasteiger partial charge is 0.490 e. The molecule has 3 rings (SSSR count). The summed E-state index contributed by atoms with van der Waals surface area (Å²) in [6.07, 6.45) is 4.09. The van der Waals surface area contributed by atoms with Gasteiger partial charge in [0, 0.05) is 32.5 Å². The molecular formula is C24H37N3O6S. The number of benzene rings is 1. The summed E-state index contributed by atoms with van der Waals surface area (Å²) in [5, 5.41) is 2.99. The zero-order chi connectivity index (χ0) is 24.7. The number of nitrogens with one attached hydrogen (secondary N) is 2. The van der Waals surface area contributed by atoms with E-state index in [1.54, 1.807) is 6.07 Å². The number of sulfonamides is 1. The average molecular weight is 496 g/mol. The molecule has 0 aromatic heterocycles. The van der Waals surface area contributed by atoms with Crippen LogP contribution in [-0.4, -0.2) is 59.2 Å². The molecule has 190 valence electrons. The van der Waals surface area contributed by atoms with Crippen molar-refractivity contribution in [3.8, 4) is 5.75 Å². The Bertz CT molecular complexity index is 957. The zero-order valence-electron chi connectivity index (χ0n) is 20.3. The van der Waals surface area contributed by atoms with Gasteiger partial charge in [0.15, 0.2) is 0 Å². The molecule has 0 radical (unpaired) electrons. The van der Waals surface area contributed by atoms with Crippen LogP contribution in [-0.2, 0) is 24.3 Å². The molecule has 1 heterocycles. The summed E-state index contributed by atoms with van der Waals surface area (Å²) in [5.41, 5.74) is 0.476. The van der Waals surface area contributed by atoms with E-state index < -0.39 is 10.0 Å². The smallest absolute Gasteiger partial charge is 0.240 e. The van der Waals surface area contributed by atoms with E-state index in [2.05, 4.69) is 10.0 Å². The topological polar surface area (TPSA) is 114 Å². The van der Waals surface area contributed by atoms with Crippen LogP contribution in [0.25, 0.3) is 0 Å². The van der Waals surface area contributed by atoms with Crippen molar-refractivity contribution in [1.82, 2.24) is 10.0 Å². The van der Waals surface area contributed by atoms with E-state index in [4.69, 9.17) is 9.47 Å². The van der Waals surface area contributed by atoms with Crippen molar-refractivity contribution in [2.24, 2.45) is 11.8 Å². The number of rotatable bonds is 10. The molecule has 1 aromatic carbocycles. The third kappa shape index (κ3) is 7.16. The summed E-state index contributed by atoms with van der Waals surface area (Å²) >= 11 is 0. The molecule has 1 saturated carbocycles. The Kier molecular flexibility index (Phi) is 9.32. The van der Waals surface area contributed by atoms with Gasteiger partial charge in [-0.25, -0.2) is 13.1 Å². The highest BCUT2D eigenvalue weighted by Gasteiger charge is 2.28. The van der Waals surface area contributed by atoms with Gasteiger partial charge in [-0.1, -0.05) is 0 Å². The molecule has 0 atom stereocenters. The van der Waals surface area contributed by atoms with Crippen molar-refractivity contribution in [2.45, 2.75) is 63.9 Å². The van der Waals surface area contributed by atoms with Crippen molar-refractivity contribution in [1.29, 1.82) is 0 Å². The van der Waals surface area contributed by atoms with Gasteiger partial charge in [-0.15, -0.1) is 0 Å². The van der Waals surface area contributed by atoms with Crippen LogP contribution in [0.3, 0.4) is 0 Å². The van der Waals surface area contributed by atoms with E-state index >= 15 is 0 Å². The number of fused-ring (bicyclic) bond motifs is 1. The third-order valence-corrected chi connectivity index (χ3v) is 7.76. The van der Waals surface area contributed by atoms with Crippen LogP contribution >= 0.6 is 0 Å². The lowest BCUT2D eigenvalue weighted by molar-refractivity contribution is -0.126. The third-order valence-electron chi connectivity index (χ3n) is 6.34. The molecule has 1 fully saturated rings. The molecule has 0 bridgehead atoms. The van der Waals surface area contributed by atoms with Crippen LogP contribution < -0.4 is 19.7 Å². The molecule has 0 spiro atoms. The summed E-state index contributed by atoms with van der Waals surface area (Å²) in [5.74, 6) is 0.598. The summed E-state index contributed by atoms with van der Waals surface area (Å²) < 4.78 is 39.5. The molecule has 2 amide bonds. The van der Waals surface area contributed by atoms with Crippen molar-refractivity contribution >= 4 is 27.5 Å². The Morgan fingerprint density at radius 1 is 1.21 bits per heavy atom. The second kappa shape index (κ2) is 12.0. The van der Waals surface area contributed by atoms with Gasteiger partial charge in [0.2, 0.25) is 21.8 Å². The van der Waals surface area contributed by atoms with Crippen LogP contribution in [0.4, 0.5) is 5.69 Å². The Morgan fingerprint density at radius 2 is 1.94 bits per heavy atom. The van der Waals surface area contributed by atoms with E-state index in [9.17, 15) is 18.0 Å². The molecule has 1 aliphatic heterocycles. The van der Waals surface area contributed by atoms with Crippen molar-refractivity contribution in [3.63, 3.8) is 0 Å². The number of hydrogen-bond donors (Lipinski definition) is 2. The normalized spacial score (nSPS) is 20.5. The second-order valence-corrected chi connectivity index (χ2v) is 11.0. The minimum atomic E-state index is -3.73. The van der Waals surface area contributed by atoms with Gasteiger partial charge >= 0.3 is 0 Å². The minimum absolute atomic E-state index is 0.0166. The van der Waals surface area contributed by atoms with Gasteiger partial charge in [0.1, 0.15) is 12.4 Å². The molecule has 1 aliphatic carbocycles. The minimum Gasteiger partial charge on any atom is -0.490 e. The quantitative estimate of drug-likeness (QED) is 0.482. The molecule has 2 aliphatic rings. The SMILES string of the molecule is CC(=O)N1CCOc2ccc(S(=O)(=O)NCC3CCC(C(=O)NCCCOC(C)C)CC3)cc21. The summed E-state index contributed by atoms with van der Waals surface area (Å²) in [7, 11) is -3.73. The van der Waals surface area contributed by atoms with E-state index in [1.807, 2.05) is 13.8 Å². The van der Waals surface area contributed by atoms with Crippen LogP contribution in [0.5, 0.6) is 5.75 Å². The number of amides is 2. The molecule has 10 heteroatoms. The number of carbonyl (C=O) groups excluding carboxylic acids is 2. The van der Waals surface area contributed by atoms with Gasteiger partial charge in [-0.05, 0) is 70.1 Å². The number of nitrogens with zero attached hydrogens (tertiary/aromatic N) is 1. The highest BCUT2D eigenvalue weighted by molar-refractivity contribution is 7.89. The maximum Gasteiger partial charge on any atom is 0.240 e. The van der Waals surface area contributed by atoms with Crippen molar-refractivity contribution in [2.75, 3.05) is 37.7 Å². The predicted octanol–water partition coefficient (Wildman–Crippen LogP) is 2.45. The standard InChI is InChI=1S/C24H37N3O6S/c1-17(2)32-13-4-11-25-24(29)20-7-5-19(6-8-20)16-26-34(30,31)21-9-10-23-22(15-21)27(18(3)28)12-14-33-23/h9-10,15,17,19-20,26H,4-8,11-14,16H2,1-3H3,(H,25,29). The number of carbonyl (C=O) groups is 2. The first-order valence-corrected chi connectivity index (χ1v) is 13.6. The Balaban J connectivity index is 1.46. The monoisotopic (exact) mass is 495 g/mol. The molecule has 2 N–H and O–H groups in total. The molecule has 34 heavy (non-hydrogen) atoms. The fraction of sp³-hybridized carbons (Fsp3) is 0.667. The predicted molar refractivity (Wildman–Crippen MR) is 129 cm³/mol. The van der Waals surface area contributed by atoms with Gasteiger partial charge in [-0.2, -0.15) is 0 Å². The van der Waals surface area contributed by atoms with E-state index in [0.29, 0.717) is 44.3 Å². The molecule has 0 saturated heterocycles. The maximum atomic E-state index is 12.9. The fourth-order valence-corrected chi connectivity index (χ4v) is 5.51.